The number of hydrogen-bond donors (Lipinski definition) is 0. The van der Waals surface area contributed by atoms with Crippen molar-refractivity contribution in [3.8, 4) is 10.4 Å². The number of hydrogen-bond acceptors (Lipinski definition) is 1. The predicted molar refractivity (Wildman–Crippen MR) is 121 cm³/mol. The lowest BCUT2D eigenvalue weighted by Crippen LogP contribution is -1.99. The van der Waals surface area contributed by atoms with Gasteiger partial charge in [0.25, 0.3) is 0 Å². The molecule has 1 aromatic heterocycles. The first-order valence-corrected chi connectivity index (χ1v) is 11.2. The van der Waals surface area contributed by atoms with E-state index in [1.165, 1.54) is 48.1 Å². The zero-order chi connectivity index (χ0) is 19.5. The Morgan fingerprint density at radius 2 is 1.32 bits per heavy atom. The molecule has 1 saturated carbocycles. The second kappa shape index (κ2) is 19.2. The molecule has 1 aromatic carbocycles. The Balaban J connectivity index is 0. The molecule has 1 fully saturated rings. The van der Waals surface area contributed by atoms with E-state index in [1.54, 1.807) is 11.3 Å². The molecular formula is C24H42S. The molecule has 0 unspecified atom stereocenters. The van der Waals surface area contributed by atoms with Crippen molar-refractivity contribution in [3.63, 3.8) is 0 Å². The fourth-order valence-electron chi connectivity index (χ4n) is 2.49. The molecule has 0 saturated heterocycles. The lowest BCUT2D eigenvalue weighted by Gasteiger charge is -2.15. The summed E-state index contributed by atoms with van der Waals surface area (Å²) in [4.78, 5) is 1.35. The molecule has 2 aromatic rings. The predicted octanol–water partition coefficient (Wildman–Crippen LogP) is 9.39. The molecule has 0 radical (unpaired) electrons. The van der Waals surface area contributed by atoms with E-state index in [2.05, 4.69) is 49.6 Å². The molecule has 0 aliphatic heterocycles. The molecule has 0 bridgehead atoms. The van der Waals surface area contributed by atoms with E-state index in [0.717, 1.165) is 5.92 Å². The Labute approximate surface area is 162 Å². The van der Waals surface area contributed by atoms with E-state index in [4.69, 9.17) is 0 Å². The first-order valence-electron chi connectivity index (χ1n) is 10.4. The maximum atomic E-state index is 2.36. The number of benzene rings is 1. The molecular weight excluding hydrogens is 320 g/mol. The molecule has 1 heteroatoms. The highest BCUT2D eigenvalue weighted by atomic mass is 32.1. The lowest BCUT2D eigenvalue weighted by molar-refractivity contribution is 0.385. The minimum Gasteiger partial charge on any atom is -0.144 e. The van der Waals surface area contributed by atoms with Gasteiger partial charge in [-0.15, -0.1) is 11.3 Å². The Hall–Kier alpha value is -1.08. The minimum atomic E-state index is 1.04. The number of aryl methyl sites for hydroxylation is 1. The minimum absolute atomic E-state index is 1.04. The first-order chi connectivity index (χ1) is 12.3. The Bertz CT molecular complexity index is 464. The fourth-order valence-corrected chi connectivity index (χ4v) is 3.40. The Kier molecular flexibility index (Phi) is 20.1. The molecule has 3 rings (SSSR count). The van der Waals surface area contributed by atoms with Gasteiger partial charge < -0.3 is 0 Å². The van der Waals surface area contributed by atoms with Crippen LogP contribution in [0.25, 0.3) is 10.4 Å². The van der Waals surface area contributed by atoms with Gasteiger partial charge >= 0.3 is 0 Å². The van der Waals surface area contributed by atoms with Crippen LogP contribution in [0, 0.1) is 12.8 Å². The molecule has 1 heterocycles. The second-order valence-corrected chi connectivity index (χ2v) is 6.51. The normalized spacial score (nSPS) is 12.6. The SMILES string of the molecule is CC.CC.CC.CC1CCCCC1.Cc1csc(-c2ccccc2)c1. The topological polar surface area (TPSA) is 0 Å². The van der Waals surface area contributed by atoms with E-state index in [-0.39, 0.29) is 0 Å². The fraction of sp³-hybridized carbons (Fsp3) is 0.583. The lowest BCUT2D eigenvalue weighted by atomic mass is 9.91. The highest BCUT2D eigenvalue weighted by Crippen LogP contribution is 2.26. The van der Waals surface area contributed by atoms with E-state index >= 15 is 0 Å². The molecule has 1 aliphatic carbocycles. The van der Waals surface area contributed by atoms with Gasteiger partial charge in [-0.2, -0.15) is 0 Å². The van der Waals surface area contributed by atoms with Crippen LogP contribution < -0.4 is 0 Å². The van der Waals surface area contributed by atoms with Crippen molar-refractivity contribution in [3.05, 3.63) is 47.3 Å². The van der Waals surface area contributed by atoms with Crippen LogP contribution in [0.15, 0.2) is 41.8 Å². The summed E-state index contributed by atoms with van der Waals surface area (Å²) in [6.45, 7) is 16.5. The summed E-state index contributed by atoms with van der Waals surface area (Å²) in [7, 11) is 0. The molecule has 1 aliphatic rings. The zero-order valence-electron chi connectivity index (χ0n) is 18.1. The smallest absolute Gasteiger partial charge is 0.0345 e. The highest BCUT2D eigenvalue weighted by Gasteiger charge is 2.05. The first kappa shape index (κ1) is 26.2. The van der Waals surface area contributed by atoms with E-state index in [0.29, 0.717) is 0 Å². The summed E-state index contributed by atoms with van der Waals surface area (Å²) in [5.41, 5.74) is 2.66. The molecule has 0 atom stereocenters. The van der Waals surface area contributed by atoms with Gasteiger partial charge in [-0.25, -0.2) is 0 Å². The third kappa shape index (κ3) is 12.9. The van der Waals surface area contributed by atoms with Crippen molar-refractivity contribution in [2.24, 2.45) is 5.92 Å². The molecule has 144 valence electrons. The van der Waals surface area contributed by atoms with Crippen LogP contribution in [-0.4, -0.2) is 0 Å². The van der Waals surface area contributed by atoms with E-state index in [1.807, 2.05) is 47.6 Å². The Morgan fingerprint density at radius 1 is 0.800 bits per heavy atom. The highest BCUT2D eigenvalue weighted by molar-refractivity contribution is 7.13. The molecule has 0 nitrogen and oxygen atoms in total. The average molecular weight is 363 g/mol. The van der Waals surface area contributed by atoms with Gasteiger partial charge in [0.2, 0.25) is 0 Å². The zero-order valence-corrected chi connectivity index (χ0v) is 18.9. The molecule has 0 N–H and O–H groups in total. The van der Waals surface area contributed by atoms with Crippen molar-refractivity contribution in [1.29, 1.82) is 0 Å². The monoisotopic (exact) mass is 362 g/mol. The third-order valence-electron chi connectivity index (χ3n) is 3.68. The number of rotatable bonds is 1. The number of thiophene rings is 1. The van der Waals surface area contributed by atoms with Crippen LogP contribution in [0.3, 0.4) is 0 Å². The molecule has 25 heavy (non-hydrogen) atoms. The van der Waals surface area contributed by atoms with E-state index in [9.17, 15) is 0 Å². The Morgan fingerprint density at radius 3 is 1.68 bits per heavy atom. The van der Waals surface area contributed by atoms with Crippen LogP contribution in [0.5, 0.6) is 0 Å². The maximum Gasteiger partial charge on any atom is 0.0345 e. The molecule has 0 spiro atoms. The summed E-state index contributed by atoms with van der Waals surface area (Å²) in [6, 6.07) is 12.7. The summed E-state index contributed by atoms with van der Waals surface area (Å²) < 4.78 is 0. The van der Waals surface area contributed by atoms with Gasteiger partial charge in [0.15, 0.2) is 0 Å². The summed E-state index contributed by atoms with van der Waals surface area (Å²) >= 11 is 1.80. The standard InChI is InChI=1S/C11H10S.C7H14.3C2H6/c1-9-7-11(12-8-9)10-5-3-2-4-6-10;1-7-5-3-2-4-6-7;3*1-2/h2-8H,1H3;7H,2-6H2,1H3;3*1-2H3. The summed E-state index contributed by atoms with van der Waals surface area (Å²) in [5, 5.41) is 2.18. The van der Waals surface area contributed by atoms with Crippen molar-refractivity contribution >= 4 is 11.3 Å². The second-order valence-electron chi connectivity index (χ2n) is 5.60. The van der Waals surface area contributed by atoms with Crippen LogP contribution >= 0.6 is 11.3 Å². The van der Waals surface area contributed by atoms with Gasteiger partial charge in [-0.1, -0.05) is 111 Å². The quantitative estimate of drug-likeness (QED) is 0.474. The van der Waals surface area contributed by atoms with Gasteiger partial charge in [-0.3, -0.25) is 0 Å². The van der Waals surface area contributed by atoms with Crippen molar-refractivity contribution in [1.82, 2.24) is 0 Å². The van der Waals surface area contributed by atoms with Gasteiger partial charge in [0.1, 0.15) is 0 Å². The van der Waals surface area contributed by atoms with Gasteiger partial charge in [0.05, 0.1) is 0 Å². The van der Waals surface area contributed by atoms with Crippen LogP contribution in [0.1, 0.15) is 86.1 Å². The van der Waals surface area contributed by atoms with Gasteiger partial charge in [0, 0.05) is 4.88 Å². The largest absolute Gasteiger partial charge is 0.144 e. The van der Waals surface area contributed by atoms with Crippen LogP contribution in [-0.2, 0) is 0 Å². The third-order valence-corrected chi connectivity index (χ3v) is 4.78. The summed E-state index contributed by atoms with van der Waals surface area (Å²) in [6.07, 6.45) is 7.44. The molecule has 0 amide bonds. The van der Waals surface area contributed by atoms with E-state index < -0.39 is 0 Å². The maximum absolute atomic E-state index is 2.36. The van der Waals surface area contributed by atoms with Crippen molar-refractivity contribution in [2.45, 2.75) is 87.5 Å². The van der Waals surface area contributed by atoms with Crippen molar-refractivity contribution < 1.29 is 0 Å². The van der Waals surface area contributed by atoms with Crippen molar-refractivity contribution in [2.75, 3.05) is 0 Å². The van der Waals surface area contributed by atoms with Crippen LogP contribution in [0.4, 0.5) is 0 Å². The summed E-state index contributed by atoms with van der Waals surface area (Å²) in [5.74, 6) is 1.04. The van der Waals surface area contributed by atoms with Gasteiger partial charge in [-0.05, 0) is 35.4 Å². The van der Waals surface area contributed by atoms with Crippen LogP contribution in [0.2, 0.25) is 0 Å². The average Bonchev–Trinajstić information content (AvgIpc) is 3.15.